The number of rotatable bonds is 0. The lowest BCUT2D eigenvalue weighted by Gasteiger charge is -2.33. The van der Waals surface area contributed by atoms with Crippen molar-refractivity contribution in [3.63, 3.8) is 0 Å². The molecule has 0 aromatic heterocycles. The molecule has 0 saturated carbocycles. The number of cyclic esters (lactones) is 1. The van der Waals surface area contributed by atoms with Gasteiger partial charge in [0.2, 0.25) is 5.05 Å². The van der Waals surface area contributed by atoms with E-state index in [1.165, 1.54) is 0 Å². The van der Waals surface area contributed by atoms with E-state index < -0.39 is 22.7 Å². The number of halogens is 2. The summed E-state index contributed by atoms with van der Waals surface area (Å²) in [7, 11) is 0. The Balaban J connectivity index is 2.91. The lowest BCUT2D eigenvalue weighted by Crippen LogP contribution is -2.52. The van der Waals surface area contributed by atoms with Crippen LogP contribution in [0.15, 0.2) is 0 Å². The van der Waals surface area contributed by atoms with Crippen molar-refractivity contribution in [2.75, 3.05) is 0 Å². The molecule has 0 aromatic carbocycles. The summed E-state index contributed by atoms with van der Waals surface area (Å²) in [5.41, 5.74) is 0. The Hall–Kier alpha value is -0.780. The fourth-order valence-electron chi connectivity index (χ4n) is 0.614. The minimum absolute atomic E-state index is 0.716. The third-order valence-corrected chi connectivity index (χ3v) is 1.75. The molecule has 0 spiro atoms. The van der Waals surface area contributed by atoms with Crippen LogP contribution in [0.25, 0.3) is 0 Å². The standard InChI is InChI=1S/C6H6F2O3S/c1-5(7)3(9)10-6(2,8)4(12)11-5/h1-2H3. The molecular weight excluding hydrogens is 190 g/mol. The summed E-state index contributed by atoms with van der Waals surface area (Å²) in [5.74, 6) is -6.61. The molecule has 1 aliphatic rings. The summed E-state index contributed by atoms with van der Waals surface area (Å²) < 4.78 is 34.2. The maximum absolute atomic E-state index is 13.0. The van der Waals surface area contributed by atoms with Crippen LogP contribution in [0.4, 0.5) is 8.78 Å². The van der Waals surface area contributed by atoms with Gasteiger partial charge in [-0.15, -0.1) is 0 Å². The minimum Gasteiger partial charge on any atom is -0.434 e. The number of carbonyl (C=O) groups is 1. The molecule has 0 aliphatic carbocycles. The first kappa shape index (κ1) is 9.31. The largest absolute Gasteiger partial charge is 0.434 e. The van der Waals surface area contributed by atoms with Crippen LogP contribution >= 0.6 is 12.2 Å². The number of thiocarbonyl (C=S) groups is 1. The van der Waals surface area contributed by atoms with Crippen molar-refractivity contribution in [3.8, 4) is 0 Å². The minimum atomic E-state index is -2.68. The van der Waals surface area contributed by atoms with E-state index in [-0.39, 0.29) is 0 Å². The van der Waals surface area contributed by atoms with Crippen molar-refractivity contribution >= 4 is 23.2 Å². The number of carbonyl (C=O) groups excluding carboxylic acids is 1. The quantitative estimate of drug-likeness (QED) is 0.431. The number of alkyl halides is 2. The molecule has 68 valence electrons. The highest BCUT2D eigenvalue weighted by Gasteiger charge is 2.52. The van der Waals surface area contributed by atoms with Gasteiger partial charge in [-0.2, -0.15) is 8.78 Å². The summed E-state index contributed by atoms with van der Waals surface area (Å²) in [6.07, 6.45) is 0. The molecular formula is C6H6F2O3S. The van der Waals surface area contributed by atoms with E-state index in [1.54, 1.807) is 0 Å². The van der Waals surface area contributed by atoms with Crippen LogP contribution in [0, 0.1) is 0 Å². The smallest absolute Gasteiger partial charge is 0.387 e. The van der Waals surface area contributed by atoms with E-state index in [4.69, 9.17) is 0 Å². The van der Waals surface area contributed by atoms with Crippen LogP contribution in [0.5, 0.6) is 0 Å². The van der Waals surface area contributed by atoms with E-state index in [9.17, 15) is 13.6 Å². The summed E-state index contributed by atoms with van der Waals surface area (Å²) in [4.78, 5) is 10.7. The second kappa shape index (κ2) is 2.35. The van der Waals surface area contributed by atoms with E-state index in [0.717, 1.165) is 13.8 Å². The zero-order valence-electron chi connectivity index (χ0n) is 6.39. The highest BCUT2D eigenvalue weighted by molar-refractivity contribution is 7.80. The zero-order chi connectivity index (χ0) is 9.57. The van der Waals surface area contributed by atoms with Crippen LogP contribution in [-0.4, -0.2) is 22.7 Å². The van der Waals surface area contributed by atoms with Crippen LogP contribution in [-0.2, 0) is 14.3 Å². The molecule has 12 heavy (non-hydrogen) atoms. The molecule has 0 aromatic rings. The van der Waals surface area contributed by atoms with Gasteiger partial charge in [0.25, 0.3) is 0 Å². The van der Waals surface area contributed by atoms with E-state index >= 15 is 0 Å². The van der Waals surface area contributed by atoms with E-state index in [1.807, 2.05) is 0 Å². The van der Waals surface area contributed by atoms with Crippen LogP contribution in [0.2, 0.25) is 0 Å². The van der Waals surface area contributed by atoms with Crippen LogP contribution < -0.4 is 0 Å². The zero-order valence-corrected chi connectivity index (χ0v) is 7.21. The van der Waals surface area contributed by atoms with Gasteiger partial charge in [-0.3, -0.25) is 0 Å². The van der Waals surface area contributed by atoms with Gasteiger partial charge >= 0.3 is 17.7 Å². The van der Waals surface area contributed by atoms with Gasteiger partial charge in [-0.05, 0) is 12.2 Å². The topological polar surface area (TPSA) is 35.5 Å². The molecule has 0 N–H and O–H groups in total. The molecule has 0 amide bonds. The van der Waals surface area contributed by atoms with Crippen molar-refractivity contribution in [2.24, 2.45) is 0 Å². The second-order valence-electron chi connectivity index (χ2n) is 2.61. The first-order valence-corrected chi connectivity index (χ1v) is 3.51. The third kappa shape index (κ3) is 1.38. The fourth-order valence-corrected chi connectivity index (χ4v) is 0.812. The number of esters is 1. The van der Waals surface area contributed by atoms with Crippen molar-refractivity contribution < 1.29 is 23.0 Å². The molecule has 6 heteroatoms. The van der Waals surface area contributed by atoms with E-state index in [0.29, 0.717) is 0 Å². The monoisotopic (exact) mass is 196 g/mol. The van der Waals surface area contributed by atoms with Gasteiger partial charge in [0.15, 0.2) is 0 Å². The highest BCUT2D eigenvalue weighted by Crippen LogP contribution is 2.30. The summed E-state index contributed by atoms with van der Waals surface area (Å²) in [6.45, 7) is 1.68. The van der Waals surface area contributed by atoms with Crippen molar-refractivity contribution in [3.05, 3.63) is 0 Å². The lowest BCUT2D eigenvalue weighted by molar-refractivity contribution is -0.220. The first-order chi connectivity index (χ1) is 5.26. The predicted octanol–water partition coefficient (Wildman–Crippen LogP) is 1.26. The number of ether oxygens (including phenoxy) is 2. The molecule has 1 fully saturated rings. The fraction of sp³-hybridized carbons (Fsp3) is 0.667. The molecule has 2 atom stereocenters. The average molecular weight is 196 g/mol. The van der Waals surface area contributed by atoms with E-state index in [2.05, 4.69) is 21.7 Å². The highest BCUT2D eigenvalue weighted by atomic mass is 32.1. The van der Waals surface area contributed by atoms with Crippen LogP contribution in [0.1, 0.15) is 13.8 Å². The molecule has 0 radical (unpaired) electrons. The Labute approximate surface area is 72.6 Å². The molecule has 3 nitrogen and oxygen atoms in total. The van der Waals surface area contributed by atoms with Gasteiger partial charge in [0.05, 0.1) is 0 Å². The molecule has 0 bridgehead atoms. The predicted molar refractivity (Wildman–Crippen MR) is 38.8 cm³/mol. The summed E-state index contributed by atoms with van der Waals surface area (Å²) >= 11 is 4.33. The van der Waals surface area contributed by atoms with Crippen LogP contribution in [0.3, 0.4) is 0 Å². The third-order valence-electron chi connectivity index (χ3n) is 1.30. The first-order valence-electron chi connectivity index (χ1n) is 3.10. The second-order valence-corrected chi connectivity index (χ2v) is 2.98. The van der Waals surface area contributed by atoms with Gasteiger partial charge in [-0.1, -0.05) is 0 Å². The SMILES string of the molecule is CC1(F)OC(=S)C(C)(F)OC1=O. The van der Waals surface area contributed by atoms with Crippen molar-refractivity contribution in [1.82, 2.24) is 0 Å². The number of hydrogen-bond donors (Lipinski definition) is 0. The molecule has 2 unspecified atom stereocenters. The van der Waals surface area contributed by atoms with Gasteiger partial charge in [0, 0.05) is 13.8 Å². The number of hydrogen-bond acceptors (Lipinski definition) is 4. The maximum Gasteiger partial charge on any atom is 0.387 e. The average Bonchev–Trinajstić information content (AvgIpc) is 1.82. The Kier molecular flexibility index (Phi) is 1.82. The summed E-state index contributed by atoms with van der Waals surface area (Å²) in [6, 6.07) is 0. The molecule has 1 saturated heterocycles. The Morgan fingerprint density at radius 3 is 2.17 bits per heavy atom. The van der Waals surface area contributed by atoms with Gasteiger partial charge in [0.1, 0.15) is 0 Å². The lowest BCUT2D eigenvalue weighted by atomic mass is 10.3. The molecule has 1 heterocycles. The normalized spacial score (nSPS) is 42.0. The Morgan fingerprint density at radius 2 is 1.75 bits per heavy atom. The Bertz CT molecular complexity index is 223. The van der Waals surface area contributed by atoms with Gasteiger partial charge in [-0.25, -0.2) is 4.79 Å². The summed E-state index contributed by atoms with van der Waals surface area (Å²) in [5, 5.41) is -0.716. The van der Waals surface area contributed by atoms with Crippen molar-refractivity contribution in [1.29, 1.82) is 0 Å². The molecule has 1 rings (SSSR count). The maximum atomic E-state index is 13.0. The molecule has 1 aliphatic heterocycles. The van der Waals surface area contributed by atoms with Gasteiger partial charge < -0.3 is 9.47 Å². The Morgan fingerprint density at radius 1 is 1.25 bits per heavy atom. The van der Waals surface area contributed by atoms with Crippen molar-refractivity contribution in [2.45, 2.75) is 25.6 Å².